The van der Waals surface area contributed by atoms with Gasteiger partial charge in [-0.05, 0) is 38.5 Å². The van der Waals surface area contributed by atoms with Crippen LogP contribution in [0.25, 0.3) is 0 Å². The zero-order valence-electron chi connectivity index (χ0n) is 11.2. The van der Waals surface area contributed by atoms with Gasteiger partial charge in [0, 0.05) is 13.7 Å². The lowest BCUT2D eigenvalue weighted by Gasteiger charge is -2.31. The van der Waals surface area contributed by atoms with Gasteiger partial charge < -0.3 is 14.7 Å². The van der Waals surface area contributed by atoms with Crippen molar-refractivity contribution in [1.82, 2.24) is 4.90 Å². The number of hydrogen-bond donors (Lipinski definition) is 1. The van der Waals surface area contributed by atoms with Gasteiger partial charge in [0.2, 0.25) is 0 Å². The van der Waals surface area contributed by atoms with Crippen molar-refractivity contribution in [3.63, 3.8) is 0 Å². The molecule has 0 radical (unpaired) electrons. The summed E-state index contributed by atoms with van der Waals surface area (Å²) in [5, 5.41) is 9.38. The summed E-state index contributed by atoms with van der Waals surface area (Å²) in [6.45, 7) is 3.93. The number of likely N-dealkylation sites (tertiary alicyclic amines) is 1. The Morgan fingerprint density at radius 1 is 1.33 bits per heavy atom. The molecule has 0 bridgehead atoms. The Morgan fingerprint density at radius 2 is 2.00 bits per heavy atom. The number of nitrogens with zero attached hydrogens (tertiary/aromatic N) is 1. The zero-order chi connectivity index (χ0) is 13.5. The van der Waals surface area contributed by atoms with Crippen LogP contribution in [0.3, 0.4) is 0 Å². The Hall–Kier alpha value is -1.10. The summed E-state index contributed by atoms with van der Waals surface area (Å²) in [6.07, 6.45) is 3.03. The SMILES string of the molecule is COC(C)(C)C(=O)N1CC2CCCC2C1C(=O)O. The van der Waals surface area contributed by atoms with E-state index < -0.39 is 17.6 Å². The molecule has 1 amide bonds. The Labute approximate surface area is 107 Å². The predicted octanol–water partition coefficient (Wildman–Crippen LogP) is 1.12. The van der Waals surface area contributed by atoms with Crippen LogP contribution in [0.2, 0.25) is 0 Å². The lowest BCUT2D eigenvalue weighted by molar-refractivity contribution is -0.159. The summed E-state index contributed by atoms with van der Waals surface area (Å²) in [6, 6.07) is -0.667. The monoisotopic (exact) mass is 255 g/mol. The molecule has 102 valence electrons. The number of carboxylic acids is 1. The number of methoxy groups -OCH3 is 1. The van der Waals surface area contributed by atoms with E-state index in [0.29, 0.717) is 12.5 Å². The second-order valence-electron chi connectivity index (χ2n) is 5.81. The van der Waals surface area contributed by atoms with Crippen LogP contribution < -0.4 is 0 Å². The maximum absolute atomic E-state index is 12.4. The third-order valence-corrected chi connectivity index (χ3v) is 4.43. The molecule has 1 aliphatic heterocycles. The molecule has 1 aliphatic carbocycles. The van der Waals surface area contributed by atoms with Gasteiger partial charge in [0.25, 0.3) is 5.91 Å². The van der Waals surface area contributed by atoms with Crippen molar-refractivity contribution < 1.29 is 19.4 Å². The normalized spacial score (nSPS) is 31.5. The summed E-state index contributed by atoms with van der Waals surface area (Å²) in [7, 11) is 1.48. The van der Waals surface area contributed by atoms with Crippen molar-refractivity contribution in [2.45, 2.75) is 44.8 Å². The first-order valence-electron chi connectivity index (χ1n) is 6.47. The zero-order valence-corrected chi connectivity index (χ0v) is 11.2. The molecule has 0 aromatic carbocycles. The van der Waals surface area contributed by atoms with Crippen LogP contribution in [0.5, 0.6) is 0 Å². The third kappa shape index (κ3) is 2.00. The van der Waals surface area contributed by atoms with Gasteiger partial charge in [-0.1, -0.05) is 6.42 Å². The molecule has 1 saturated heterocycles. The average molecular weight is 255 g/mol. The van der Waals surface area contributed by atoms with Crippen LogP contribution in [0.1, 0.15) is 33.1 Å². The molecule has 1 saturated carbocycles. The number of carbonyl (C=O) groups excluding carboxylic acids is 1. The van der Waals surface area contributed by atoms with Crippen LogP contribution in [-0.4, -0.2) is 47.2 Å². The highest BCUT2D eigenvalue weighted by Crippen LogP contribution is 2.43. The van der Waals surface area contributed by atoms with E-state index in [1.54, 1.807) is 13.8 Å². The number of aliphatic carboxylic acids is 1. The lowest BCUT2D eigenvalue weighted by Crippen LogP contribution is -2.51. The fraction of sp³-hybridized carbons (Fsp3) is 0.846. The molecule has 0 spiro atoms. The van der Waals surface area contributed by atoms with Gasteiger partial charge >= 0.3 is 5.97 Å². The van der Waals surface area contributed by atoms with Crippen molar-refractivity contribution in [3.8, 4) is 0 Å². The molecule has 2 aliphatic rings. The second kappa shape index (κ2) is 4.53. The van der Waals surface area contributed by atoms with Crippen LogP contribution in [0, 0.1) is 11.8 Å². The number of carboxylic acid groups (broad SMARTS) is 1. The topological polar surface area (TPSA) is 66.8 Å². The Balaban J connectivity index is 2.22. The summed E-state index contributed by atoms with van der Waals surface area (Å²) in [4.78, 5) is 25.3. The molecule has 5 nitrogen and oxygen atoms in total. The minimum Gasteiger partial charge on any atom is -0.480 e. The third-order valence-electron chi connectivity index (χ3n) is 4.43. The van der Waals surface area contributed by atoms with E-state index in [1.807, 2.05) is 0 Å². The van der Waals surface area contributed by atoms with Gasteiger partial charge in [-0.2, -0.15) is 0 Å². The van der Waals surface area contributed by atoms with Gasteiger partial charge in [0.05, 0.1) is 0 Å². The van der Waals surface area contributed by atoms with Gasteiger partial charge in [0.1, 0.15) is 11.6 Å². The number of carbonyl (C=O) groups is 2. The van der Waals surface area contributed by atoms with Crippen molar-refractivity contribution in [3.05, 3.63) is 0 Å². The maximum Gasteiger partial charge on any atom is 0.326 e. The second-order valence-corrected chi connectivity index (χ2v) is 5.81. The smallest absolute Gasteiger partial charge is 0.326 e. The molecule has 0 aromatic rings. The molecule has 18 heavy (non-hydrogen) atoms. The van der Waals surface area contributed by atoms with Crippen molar-refractivity contribution in [2.24, 2.45) is 11.8 Å². The summed E-state index contributed by atoms with van der Waals surface area (Å²) in [5.41, 5.74) is -0.952. The van der Waals surface area contributed by atoms with Gasteiger partial charge in [-0.3, -0.25) is 4.79 Å². The predicted molar refractivity (Wildman–Crippen MR) is 65.1 cm³/mol. The summed E-state index contributed by atoms with van der Waals surface area (Å²) in [5.74, 6) is -0.627. The lowest BCUT2D eigenvalue weighted by atomic mass is 9.94. The van der Waals surface area contributed by atoms with Gasteiger partial charge in [0.15, 0.2) is 0 Å². The standard InChI is InChI=1S/C13H21NO4/c1-13(2,18-3)12(17)14-7-8-5-4-6-9(8)10(14)11(15)16/h8-10H,4-7H2,1-3H3,(H,15,16). The van der Waals surface area contributed by atoms with E-state index in [-0.39, 0.29) is 11.8 Å². The quantitative estimate of drug-likeness (QED) is 0.820. The number of hydrogen-bond acceptors (Lipinski definition) is 3. The van der Waals surface area contributed by atoms with Crippen LogP contribution in [0.15, 0.2) is 0 Å². The first-order chi connectivity index (χ1) is 8.38. The number of fused-ring (bicyclic) bond motifs is 1. The van der Waals surface area contributed by atoms with Crippen molar-refractivity contribution >= 4 is 11.9 Å². The van der Waals surface area contributed by atoms with Crippen LogP contribution in [0.4, 0.5) is 0 Å². The Bertz CT molecular complexity index is 366. The molecule has 5 heteroatoms. The molecular weight excluding hydrogens is 234 g/mol. The van der Waals surface area contributed by atoms with E-state index in [0.717, 1.165) is 19.3 Å². The summed E-state index contributed by atoms with van der Waals surface area (Å²) >= 11 is 0. The number of ether oxygens (including phenoxy) is 1. The van der Waals surface area contributed by atoms with Crippen molar-refractivity contribution in [1.29, 1.82) is 0 Å². The molecule has 1 N–H and O–H groups in total. The number of rotatable bonds is 3. The molecular formula is C13H21NO4. The molecule has 2 rings (SSSR count). The first-order valence-corrected chi connectivity index (χ1v) is 6.47. The Morgan fingerprint density at radius 3 is 2.56 bits per heavy atom. The van der Waals surface area contributed by atoms with Crippen molar-refractivity contribution in [2.75, 3.05) is 13.7 Å². The molecule has 3 unspecified atom stereocenters. The first kappa shape index (κ1) is 13.3. The average Bonchev–Trinajstić information content (AvgIpc) is 2.86. The fourth-order valence-electron chi connectivity index (χ4n) is 3.26. The molecule has 2 fully saturated rings. The van der Waals surface area contributed by atoms with Crippen LogP contribution in [-0.2, 0) is 14.3 Å². The summed E-state index contributed by atoms with van der Waals surface area (Å²) < 4.78 is 5.18. The molecule has 1 heterocycles. The van der Waals surface area contributed by atoms with Gasteiger partial charge in [-0.15, -0.1) is 0 Å². The fourth-order valence-corrected chi connectivity index (χ4v) is 3.26. The highest BCUT2D eigenvalue weighted by atomic mass is 16.5. The Kier molecular flexibility index (Phi) is 3.36. The molecule has 3 atom stereocenters. The van der Waals surface area contributed by atoms with E-state index in [9.17, 15) is 14.7 Å². The van der Waals surface area contributed by atoms with E-state index in [4.69, 9.17) is 4.74 Å². The molecule has 0 aromatic heterocycles. The maximum atomic E-state index is 12.4. The highest BCUT2D eigenvalue weighted by molar-refractivity contribution is 5.89. The van der Waals surface area contributed by atoms with E-state index in [2.05, 4.69) is 0 Å². The highest BCUT2D eigenvalue weighted by Gasteiger charge is 2.51. The van der Waals surface area contributed by atoms with Gasteiger partial charge in [-0.25, -0.2) is 4.79 Å². The van der Waals surface area contributed by atoms with E-state index >= 15 is 0 Å². The van der Waals surface area contributed by atoms with E-state index in [1.165, 1.54) is 12.0 Å². The van der Waals surface area contributed by atoms with Crippen LogP contribution >= 0.6 is 0 Å². The minimum atomic E-state index is -0.952. The minimum absolute atomic E-state index is 0.124. The number of amides is 1. The largest absolute Gasteiger partial charge is 0.480 e.